The smallest absolute Gasteiger partial charge is 0.133 e. The van der Waals surface area contributed by atoms with Gasteiger partial charge in [0.15, 0.2) is 0 Å². The van der Waals surface area contributed by atoms with Crippen molar-refractivity contribution in [1.82, 2.24) is 0 Å². The lowest BCUT2D eigenvalue weighted by atomic mass is 9.71. The summed E-state index contributed by atoms with van der Waals surface area (Å²) in [7, 11) is 0. The lowest BCUT2D eigenvalue weighted by molar-refractivity contribution is 0.170. The maximum absolute atomic E-state index is 6.68. The van der Waals surface area contributed by atoms with Crippen molar-refractivity contribution in [1.29, 1.82) is 0 Å². The second-order valence-corrected chi connectivity index (χ2v) is 11.2. The monoisotopic (exact) mass is 462 g/mol. The molecule has 0 aromatic heterocycles. The molecule has 2 aromatic carbocycles. The average molecular weight is 463 g/mol. The minimum absolute atomic E-state index is 0.793. The highest BCUT2D eigenvalue weighted by molar-refractivity contribution is 5.49. The third kappa shape index (κ3) is 6.27. The molecule has 34 heavy (non-hydrogen) atoms. The first-order valence-corrected chi connectivity index (χ1v) is 14.3. The Balaban J connectivity index is 1.85. The molecule has 0 amide bonds. The molecule has 188 valence electrons. The van der Waals surface area contributed by atoms with Crippen molar-refractivity contribution in [2.45, 2.75) is 113 Å². The van der Waals surface area contributed by atoms with Crippen molar-refractivity contribution in [2.24, 2.45) is 23.7 Å². The maximum Gasteiger partial charge on any atom is 0.133 e. The number of ether oxygens (including phenoxy) is 1. The molecular formula is C33H50O. The van der Waals surface area contributed by atoms with Crippen LogP contribution < -0.4 is 4.74 Å². The topological polar surface area (TPSA) is 9.23 Å². The van der Waals surface area contributed by atoms with Gasteiger partial charge in [0.25, 0.3) is 0 Å². The maximum atomic E-state index is 6.68. The van der Waals surface area contributed by atoms with Crippen LogP contribution in [0.15, 0.2) is 24.3 Å². The van der Waals surface area contributed by atoms with Gasteiger partial charge in [0.05, 0.1) is 0 Å². The Labute approximate surface area is 210 Å². The third-order valence-electron chi connectivity index (χ3n) is 8.79. The zero-order valence-electron chi connectivity index (χ0n) is 23.4. The molecule has 1 heteroatoms. The van der Waals surface area contributed by atoms with Crippen molar-refractivity contribution in [2.75, 3.05) is 0 Å². The van der Waals surface area contributed by atoms with Crippen molar-refractivity contribution in [3.05, 3.63) is 57.6 Å². The van der Waals surface area contributed by atoms with E-state index in [-0.39, 0.29) is 0 Å². The quantitative estimate of drug-likeness (QED) is 0.341. The van der Waals surface area contributed by atoms with Gasteiger partial charge in [-0.3, -0.25) is 0 Å². The Hall–Kier alpha value is -1.76. The van der Waals surface area contributed by atoms with Crippen LogP contribution in [0.25, 0.3) is 0 Å². The Morgan fingerprint density at radius 1 is 0.794 bits per heavy atom. The summed E-state index contributed by atoms with van der Waals surface area (Å²) in [6.07, 6.45) is 11.0. The van der Waals surface area contributed by atoms with Gasteiger partial charge in [-0.1, -0.05) is 79.9 Å². The summed E-state index contributed by atoms with van der Waals surface area (Å²) in [6.45, 7) is 18.6. The van der Waals surface area contributed by atoms with Crippen LogP contribution in [0.2, 0.25) is 0 Å². The molecule has 3 unspecified atom stereocenters. The van der Waals surface area contributed by atoms with E-state index in [4.69, 9.17) is 4.74 Å². The summed E-state index contributed by atoms with van der Waals surface area (Å²) < 4.78 is 6.68. The molecule has 3 rings (SSSR count). The van der Waals surface area contributed by atoms with Crippen LogP contribution >= 0.6 is 0 Å². The van der Waals surface area contributed by atoms with Crippen molar-refractivity contribution in [3.8, 4) is 11.5 Å². The Morgan fingerprint density at radius 3 is 1.85 bits per heavy atom. The fraction of sp³-hybridized carbons (Fsp3) is 0.636. The first-order valence-electron chi connectivity index (χ1n) is 14.3. The fourth-order valence-corrected chi connectivity index (χ4v) is 6.19. The standard InChI is InChI=1S/C33H50O/c1-9-27-20-32(21-28(10-2)24(27)8)34-33-29(11-3)18-26(19-30(33)12-4)16-25-14-13-15-31(17-25)23(7)22(5)6/h18-23,25,31H,9-17H2,1-8H3. The van der Waals surface area contributed by atoms with Gasteiger partial charge in [-0.25, -0.2) is 0 Å². The van der Waals surface area contributed by atoms with Gasteiger partial charge in [0.1, 0.15) is 11.5 Å². The van der Waals surface area contributed by atoms with E-state index in [1.54, 1.807) is 0 Å². The SMILES string of the molecule is CCc1cc(Oc2c(CC)cc(CC3CCCC(C(C)C(C)C)C3)cc2CC)cc(CC)c1C. The lowest BCUT2D eigenvalue weighted by Crippen LogP contribution is -2.25. The van der Waals surface area contributed by atoms with E-state index in [1.807, 2.05) is 0 Å². The van der Waals surface area contributed by atoms with Crippen LogP contribution in [0.1, 0.15) is 108 Å². The van der Waals surface area contributed by atoms with E-state index in [0.29, 0.717) is 0 Å². The van der Waals surface area contributed by atoms with Crippen LogP contribution in [0.3, 0.4) is 0 Å². The Bertz CT molecular complexity index is 888. The van der Waals surface area contributed by atoms with Crippen LogP contribution in [0, 0.1) is 30.6 Å². The van der Waals surface area contributed by atoms with E-state index in [1.165, 1.54) is 65.5 Å². The summed E-state index contributed by atoms with van der Waals surface area (Å²) in [5, 5.41) is 0. The minimum Gasteiger partial charge on any atom is -0.457 e. The molecule has 0 aliphatic heterocycles. The molecule has 1 nitrogen and oxygen atoms in total. The molecule has 1 saturated carbocycles. The zero-order valence-corrected chi connectivity index (χ0v) is 23.4. The molecule has 0 N–H and O–H groups in total. The van der Waals surface area contributed by atoms with E-state index in [0.717, 1.165) is 60.9 Å². The molecule has 1 aliphatic carbocycles. The molecule has 0 spiro atoms. The van der Waals surface area contributed by atoms with Gasteiger partial charge in [0, 0.05) is 0 Å². The number of benzene rings is 2. The molecule has 0 bridgehead atoms. The molecule has 1 fully saturated rings. The normalized spacial score (nSPS) is 19.4. The fourth-order valence-electron chi connectivity index (χ4n) is 6.19. The molecule has 3 atom stereocenters. The van der Waals surface area contributed by atoms with E-state index < -0.39 is 0 Å². The molecule has 0 radical (unpaired) electrons. The summed E-state index contributed by atoms with van der Waals surface area (Å²) in [6, 6.07) is 9.44. The Kier molecular flexibility index (Phi) is 9.69. The second-order valence-electron chi connectivity index (χ2n) is 11.2. The van der Waals surface area contributed by atoms with Crippen molar-refractivity contribution >= 4 is 0 Å². The lowest BCUT2D eigenvalue weighted by Gasteiger charge is -2.35. The molecule has 1 aliphatic rings. The molecule has 2 aromatic rings. The first kappa shape index (κ1) is 26.8. The van der Waals surface area contributed by atoms with E-state index >= 15 is 0 Å². The number of rotatable bonds is 10. The highest BCUT2D eigenvalue weighted by atomic mass is 16.5. The molecular weight excluding hydrogens is 412 g/mol. The van der Waals surface area contributed by atoms with Crippen LogP contribution in [0.5, 0.6) is 11.5 Å². The van der Waals surface area contributed by atoms with Crippen LogP contribution in [-0.2, 0) is 32.1 Å². The largest absolute Gasteiger partial charge is 0.457 e. The summed E-state index contributed by atoms with van der Waals surface area (Å²) in [5.74, 6) is 5.48. The molecule has 0 saturated heterocycles. The predicted octanol–water partition coefficient (Wildman–Crippen LogP) is 9.68. The van der Waals surface area contributed by atoms with Gasteiger partial charge < -0.3 is 4.74 Å². The Morgan fingerprint density at radius 2 is 1.35 bits per heavy atom. The molecule has 0 heterocycles. The average Bonchev–Trinajstić information content (AvgIpc) is 2.84. The number of hydrogen-bond acceptors (Lipinski definition) is 1. The number of aryl methyl sites for hydroxylation is 4. The summed E-state index contributed by atoms with van der Waals surface area (Å²) in [5.41, 5.74) is 8.50. The highest BCUT2D eigenvalue weighted by Gasteiger charge is 2.28. The minimum atomic E-state index is 0.793. The zero-order chi connectivity index (χ0) is 24.8. The summed E-state index contributed by atoms with van der Waals surface area (Å²) >= 11 is 0. The van der Waals surface area contributed by atoms with Gasteiger partial charge in [-0.15, -0.1) is 0 Å². The predicted molar refractivity (Wildman–Crippen MR) is 148 cm³/mol. The van der Waals surface area contributed by atoms with Gasteiger partial charge in [0.2, 0.25) is 0 Å². The van der Waals surface area contributed by atoms with Gasteiger partial charge in [-0.05, 0) is 115 Å². The van der Waals surface area contributed by atoms with Gasteiger partial charge >= 0.3 is 0 Å². The van der Waals surface area contributed by atoms with Gasteiger partial charge in [-0.2, -0.15) is 0 Å². The second kappa shape index (κ2) is 12.3. The summed E-state index contributed by atoms with van der Waals surface area (Å²) in [4.78, 5) is 0. The van der Waals surface area contributed by atoms with Crippen LogP contribution in [0.4, 0.5) is 0 Å². The van der Waals surface area contributed by atoms with E-state index in [9.17, 15) is 0 Å². The third-order valence-corrected chi connectivity index (χ3v) is 8.79. The van der Waals surface area contributed by atoms with Crippen molar-refractivity contribution < 1.29 is 4.74 Å². The first-order chi connectivity index (χ1) is 16.3. The number of hydrogen-bond donors (Lipinski definition) is 0. The van der Waals surface area contributed by atoms with E-state index in [2.05, 4.69) is 79.7 Å². The van der Waals surface area contributed by atoms with Crippen molar-refractivity contribution in [3.63, 3.8) is 0 Å². The highest BCUT2D eigenvalue weighted by Crippen LogP contribution is 2.39. The van der Waals surface area contributed by atoms with Crippen LogP contribution in [-0.4, -0.2) is 0 Å².